The van der Waals surface area contributed by atoms with Gasteiger partial charge in [0.2, 0.25) is 8.32 Å². The molecule has 1 aromatic rings. The van der Waals surface area contributed by atoms with Gasteiger partial charge in [0.1, 0.15) is 0 Å². The number of hydrogen-bond acceptors (Lipinski definition) is 1. The van der Waals surface area contributed by atoms with E-state index in [4.69, 9.17) is 4.43 Å². The molecule has 102 valence electrons. The Kier molecular flexibility index (Phi) is 6.65. The first-order chi connectivity index (χ1) is 8.56. The third-order valence-electron chi connectivity index (χ3n) is 3.43. The molecule has 0 saturated heterocycles. The third-order valence-corrected chi connectivity index (χ3v) is 6.14. The first-order valence-electron chi connectivity index (χ1n) is 7.29. The van der Waals surface area contributed by atoms with Crippen LogP contribution in [0.3, 0.4) is 0 Å². The fourth-order valence-electron chi connectivity index (χ4n) is 2.33. The van der Waals surface area contributed by atoms with E-state index in [0.29, 0.717) is 6.10 Å². The van der Waals surface area contributed by atoms with Crippen LogP contribution in [0.1, 0.15) is 46.0 Å². The summed E-state index contributed by atoms with van der Waals surface area (Å²) in [7, 11) is -1.71. The van der Waals surface area contributed by atoms with Crippen molar-refractivity contribution in [3.8, 4) is 0 Å². The standard InChI is InChI=1S/C16H28OSi/c1-5-6-7-9-12-15(2)17-18(3,4)16-13-10-8-11-14-16/h8,10-11,13-15H,5-7,9,12H2,1-4H3. The quantitative estimate of drug-likeness (QED) is 0.497. The Balaban J connectivity index is 2.40. The highest BCUT2D eigenvalue weighted by molar-refractivity contribution is 6.84. The van der Waals surface area contributed by atoms with Crippen LogP contribution in [0, 0.1) is 0 Å². The molecule has 0 aliphatic carbocycles. The molecular formula is C16H28OSi. The summed E-state index contributed by atoms with van der Waals surface area (Å²) in [6, 6.07) is 10.7. The zero-order chi connectivity index (χ0) is 13.4. The fraction of sp³-hybridized carbons (Fsp3) is 0.625. The average molecular weight is 264 g/mol. The molecule has 0 fully saturated rings. The molecular weight excluding hydrogens is 236 g/mol. The van der Waals surface area contributed by atoms with Crippen molar-refractivity contribution in [3.05, 3.63) is 30.3 Å². The largest absolute Gasteiger partial charge is 0.410 e. The van der Waals surface area contributed by atoms with Gasteiger partial charge in [-0.1, -0.05) is 62.9 Å². The lowest BCUT2D eigenvalue weighted by atomic mass is 10.1. The normalized spacial score (nSPS) is 13.6. The molecule has 1 rings (SSSR count). The lowest BCUT2D eigenvalue weighted by Gasteiger charge is -2.27. The molecule has 0 bridgehead atoms. The van der Waals surface area contributed by atoms with Gasteiger partial charge in [0.15, 0.2) is 0 Å². The Morgan fingerprint density at radius 2 is 1.72 bits per heavy atom. The number of hydrogen-bond donors (Lipinski definition) is 0. The summed E-state index contributed by atoms with van der Waals surface area (Å²) in [4.78, 5) is 0. The van der Waals surface area contributed by atoms with Crippen LogP contribution < -0.4 is 5.19 Å². The average Bonchev–Trinajstić information content (AvgIpc) is 2.35. The number of benzene rings is 1. The van der Waals surface area contributed by atoms with Crippen molar-refractivity contribution >= 4 is 13.5 Å². The maximum absolute atomic E-state index is 6.34. The fourth-order valence-corrected chi connectivity index (χ4v) is 4.58. The van der Waals surface area contributed by atoms with Crippen molar-refractivity contribution in [2.24, 2.45) is 0 Å². The molecule has 1 nitrogen and oxygen atoms in total. The molecule has 0 spiro atoms. The summed E-state index contributed by atoms with van der Waals surface area (Å²) in [5.41, 5.74) is 0. The van der Waals surface area contributed by atoms with Gasteiger partial charge in [0.25, 0.3) is 0 Å². The Morgan fingerprint density at radius 3 is 2.33 bits per heavy atom. The van der Waals surface area contributed by atoms with Crippen molar-refractivity contribution < 1.29 is 4.43 Å². The molecule has 18 heavy (non-hydrogen) atoms. The van der Waals surface area contributed by atoms with Crippen LogP contribution in [0.5, 0.6) is 0 Å². The van der Waals surface area contributed by atoms with Gasteiger partial charge in [0, 0.05) is 6.10 Å². The van der Waals surface area contributed by atoms with E-state index in [-0.39, 0.29) is 0 Å². The van der Waals surface area contributed by atoms with Crippen LogP contribution >= 0.6 is 0 Å². The summed E-state index contributed by atoms with van der Waals surface area (Å²) in [6.45, 7) is 9.07. The summed E-state index contributed by atoms with van der Waals surface area (Å²) < 4.78 is 6.34. The Bertz CT molecular complexity index is 321. The molecule has 0 aliphatic heterocycles. The van der Waals surface area contributed by atoms with Crippen molar-refractivity contribution in [2.75, 3.05) is 0 Å². The maximum Gasteiger partial charge on any atom is 0.218 e. The Hall–Kier alpha value is -0.603. The highest BCUT2D eigenvalue weighted by Crippen LogP contribution is 2.14. The maximum atomic E-state index is 6.34. The van der Waals surface area contributed by atoms with Crippen LogP contribution in [0.4, 0.5) is 0 Å². The van der Waals surface area contributed by atoms with Gasteiger partial charge in [0.05, 0.1) is 0 Å². The minimum absolute atomic E-state index is 0.392. The highest BCUT2D eigenvalue weighted by atomic mass is 28.4. The molecule has 0 heterocycles. The molecule has 0 radical (unpaired) electrons. The van der Waals surface area contributed by atoms with Gasteiger partial charge < -0.3 is 4.43 Å². The van der Waals surface area contributed by atoms with Crippen LogP contribution in [-0.4, -0.2) is 14.4 Å². The van der Waals surface area contributed by atoms with E-state index < -0.39 is 8.32 Å². The van der Waals surface area contributed by atoms with Crippen LogP contribution in [0.15, 0.2) is 30.3 Å². The Morgan fingerprint density at radius 1 is 1.06 bits per heavy atom. The van der Waals surface area contributed by atoms with Crippen LogP contribution in [-0.2, 0) is 4.43 Å². The predicted octanol–water partition coefficient (Wildman–Crippen LogP) is 4.47. The van der Waals surface area contributed by atoms with E-state index in [1.54, 1.807) is 0 Å². The molecule has 0 N–H and O–H groups in total. The molecule has 0 saturated carbocycles. The summed E-state index contributed by atoms with van der Waals surface area (Å²) in [5.74, 6) is 0. The summed E-state index contributed by atoms with van der Waals surface area (Å²) in [6.07, 6.45) is 6.89. The second kappa shape index (κ2) is 7.75. The molecule has 1 unspecified atom stereocenters. The molecule has 0 amide bonds. The van der Waals surface area contributed by atoms with E-state index >= 15 is 0 Å². The van der Waals surface area contributed by atoms with Crippen molar-refractivity contribution in [3.63, 3.8) is 0 Å². The van der Waals surface area contributed by atoms with Gasteiger partial charge in [-0.15, -0.1) is 0 Å². The van der Waals surface area contributed by atoms with Crippen molar-refractivity contribution in [1.82, 2.24) is 0 Å². The second-order valence-electron chi connectivity index (χ2n) is 5.65. The molecule has 2 heteroatoms. The van der Waals surface area contributed by atoms with Gasteiger partial charge in [-0.05, 0) is 31.6 Å². The third kappa shape index (κ3) is 5.36. The summed E-state index contributed by atoms with van der Waals surface area (Å²) >= 11 is 0. The van der Waals surface area contributed by atoms with Crippen LogP contribution in [0.2, 0.25) is 13.1 Å². The van der Waals surface area contributed by atoms with Gasteiger partial charge in [-0.2, -0.15) is 0 Å². The zero-order valence-corrected chi connectivity index (χ0v) is 13.4. The van der Waals surface area contributed by atoms with Crippen molar-refractivity contribution in [2.45, 2.75) is 65.1 Å². The topological polar surface area (TPSA) is 9.23 Å². The smallest absolute Gasteiger partial charge is 0.218 e. The van der Waals surface area contributed by atoms with E-state index in [1.165, 1.54) is 37.3 Å². The molecule has 1 aromatic carbocycles. The van der Waals surface area contributed by atoms with E-state index in [1.807, 2.05) is 0 Å². The first-order valence-corrected chi connectivity index (χ1v) is 10.2. The second-order valence-corrected chi connectivity index (χ2v) is 9.49. The first kappa shape index (κ1) is 15.5. The minimum Gasteiger partial charge on any atom is -0.410 e. The lowest BCUT2D eigenvalue weighted by Crippen LogP contribution is -2.46. The van der Waals surface area contributed by atoms with Gasteiger partial charge >= 0.3 is 0 Å². The van der Waals surface area contributed by atoms with Gasteiger partial charge in [-0.3, -0.25) is 0 Å². The highest BCUT2D eigenvalue weighted by Gasteiger charge is 2.26. The predicted molar refractivity (Wildman–Crippen MR) is 82.9 cm³/mol. The van der Waals surface area contributed by atoms with Gasteiger partial charge in [-0.25, -0.2) is 0 Å². The molecule has 1 atom stereocenters. The zero-order valence-electron chi connectivity index (χ0n) is 12.4. The SMILES string of the molecule is CCCCCCC(C)O[Si](C)(C)c1ccccc1. The van der Waals surface area contributed by atoms with E-state index in [0.717, 1.165) is 0 Å². The minimum atomic E-state index is -1.71. The van der Waals surface area contributed by atoms with E-state index in [9.17, 15) is 0 Å². The number of rotatable bonds is 8. The van der Waals surface area contributed by atoms with E-state index in [2.05, 4.69) is 57.3 Å². The van der Waals surface area contributed by atoms with Crippen LogP contribution in [0.25, 0.3) is 0 Å². The van der Waals surface area contributed by atoms with Crippen molar-refractivity contribution in [1.29, 1.82) is 0 Å². The lowest BCUT2D eigenvalue weighted by molar-refractivity contribution is 0.202. The number of unbranched alkanes of at least 4 members (excludes halogenated alkanes) is 3. The monoisotopic (exact) mass is 264 g/mol. The summed E-state index contributed by atoms with van der Waals surface area (Å²) in [5, 5.41) is 1.39. The molecule has 0 aromatic heterocycles. The molecule has 0 aliphatic rings. The Labute approximate surface area is 114 Å².